The summed E-state index contributed by atoms with van der Waals surface area (Å²) in [4.78, 5) is 12.1. The minimum Gasteiger partial charge on any atom is -0.369 e. The molecule has 1 saturated carbocycles. The SMILES string of the molecule is Cc1cc(C)cc(NC(=O)C(=S)NC2CC2)c1. The molecule has 1 aliphatic rings. The lowest BCUT2D eigenvalue weighted by Gasteiger charge is -2.09. The normalized spacial score (nSPS) is 14.2. The van der Waals surface area contributed by atoms with Gasteiger partial charge in [-0.3, -0.25) is 4.79 Å². The quantitative estimate of drug-likeness (QED) is 0.789. The van der Waals surface area contributed by atoms with E-state index in [1.165, 1.54) is 0 Å². The largest absolute Gasteiger partial charge is 0.369 e. The summed E-state index contributed by atoms with van der Waals surface area (Å²) in [5.41, 5.74) is 3.05. The molecule has 1 amide bonds. The molecule has 4 heteroatoms. The maximum Gasteiger partial charge on any atom is 0.283 e. The minimum atomic E-state index is -0.225. The number of carbonyl (C=O) groups excluding carboxylic acids is 1. The fourth-order valence-corrected chi connectivity index (χ4v) is 1.93. The van der Waals surface area contributed by atoms with Gasteiger partial charge in [-0.25, -0.2) is 0 Å². The van der Waals surface area contributed by atoms with Crippen LogP contribution in [0.5, 0.6) is 0 Å². The Hall–Kier alpha value is -1.42. The Kier molecular flexibility index (Phi) is 3.43. The molecule has 0 heterocycles. The van der Waals surface area contributed by atoms with Gasteiger partial charge in [0.25, 0.3) is 5.91 Å². The van der Waals surface area contributed by atoms with Crippen molar-refractivity contribution in [3.63, 3.8) is 0 Å². The number of hydrogen-bond donors (Lipinski definition) is 2. The summed E-state index contributed by atoms with van der Waals surface area (Å²) < 4.78 is 0. The molecule has 1 aromatic carbocycles. The number of hydrogen-bond acceptors (Lipinski definition) is 2. The van der Waals surface area contributed by atoms with Gasteiger partial charge in [0.05, 0.1) is 0 Å². The maximum absolute atomic E-state index is 11.8. The highest BCUT2D eigenvalue weighted by atomic mass is 32.1. The van der Waals surface area contributed by atoms with Crippen molar-refractivity contribution in [3.8, 4) is 0 Å². The van der Waals surface area contributed by atoms with Crippen LogP contribution in [0, 0.1) is 13.8 Å². The van der Waals surface area contributed by atoms with E-state index in [1.807, 2.05) is 26.0 Å². The van der Waals surface area contributed by atoms with Gasteiger partial charge < -0.3 is 10.6 Å². The van der Waals surface area contributed by atoms with Gasteiger partial charge in [0.1, 0.15) is 0 Å². The van der Waals surface area contributed by atoms with Crippen LogP contribution in [0.2, 0.25) is 0 Å². The Morgan fingerprint density at radius 2 is 1.82 bits per heavy atom. The zero-order valence-electron chi connectivity index (χ0n) is 10.0. The highest BCUT2D eigenvalue weighted by Gasteiger charge is 2.24. The van der Waals surface area contributed by atoms with E-state index >= 15 is 0 Å². The molecule has 1 aromatic rings. The van der Waals surface area contributed by atoms with E-state index in [0.717, 1.165) is 29.7 Å². The van der Waals surface area contributed by atoms with Crippen molar-refractivity contribution in [2.45, 2.75) is 32.7 Å². The van der Waals surface area contributed by atoms with Gasteiger partial charge in [-0.1, -0.05) is 18.3 Å². The van der Waals surface area contributed by atoms with Crippen LogP contribution in [0.15, 0.2) is 18.2 Å². The van der Waals surface area contributed by atoms with Crippen molar-refractivity contribution in [2.75, 3.05) is 5.32 Å². The van der Waals surface area contributed by atoms with Crippen molar-refractivity contribution in [1.82, 2.24) is 5.32 Å². The number of benzene rings is 1. The van der Waals surface area contributed by atoms with Crippen molar-refractivity contribution < 1.29 is 4.79 Å². The van der Waals surface area contributed by atoms with Crippen LogP contribution < -0.4 is 10.6 Å². The van der Waals surface area contributed by atoms with E-state index in [9.17, 15) is 4.79 Å². The first-order chi connectivity index (χ1) is 8.04. The highest BCUT2D eigenvalue weighted by Crippen LogP contribution is 2.19. The van der Waals surface area contributed by atoms with Crippen molar-refractivity contribution in [1.29, 1.82) is 0 Å². The summed E-state index contributed by atoms with van der Waals surface area (Å²) in [6, 6.07) is 6.35. The average molecular weight is 248 g/mol. The number of anilines is 1. The monoisotopic (exact) mass is 248 g/mol. The topological polar surface area (TPSA) is 41.1 Å². The molecular formula is C13H16N2OS. The van der Waals surface area contributed by atoms with Gasteiger partial charge in [0.2, 0.25) is 0 Å². The summed E-state index contributed by atoms with van der Waals surface area (Å²) >= 11 is 5.03. The molecule has 0 atom stereocenters. The Morgan fingerprint density at radius 3 is 2.35 bits per heavy atom. The number of aryl methyl sites for hydroxylation is 2. The lowest BCUT2D eigenvalue weighted by atomic mass is 10.1. The second-order valence-electron chi connectivity index (χ2n) is 4.58. The van der Waals surface area contributed by atoms with Crippen molar-refractivity contribution in [3.05, 3.63) is 29.3 Å². The first kappa shape index (κ1) is 12.0. The predicted molar refractivity (Wildman–Crippen MR) is 73.3 cm³/mol. The molecule has 1 aliphatic carbocycles. The molecule has 0 saturated heterocycles. The number of amides is 1. The van der Waals surface area contributed by atoms with Gasteiger partial charge >= 0.3 is 0 Å². The Morgan fingerprint density at radius 1 is 1.24 bits per heavy atom. The summed E-state index contributed by atoms with van der Waals surface area (Å²) in [7, 11) is 0. The zero-order valence-corrected chi connectivity index (χ0v) is 10.9. The Balaban J connectivity index is 1.98. The summed E-state index contributed by atoms with van der Waals surface area (Å²) in [5, 5.41) is 5.84. The van der Waals surface area contributed by atoms with Gasteiger partial charge in [0, 0.05) is 11.7 Å². The average Bonchev–Trinajstić information content (AvgIpc) is 2.99. The number of thiocarbonyl (C=S) groups is 1. The van der Waals surface area contributed by atoms with E-state index in [-0.39, 0.29) is 10.9 Å². The molecule has 0 radical (unpaired) electrons. The van der Waals surface area contributed by atoms with Gasteiger partial charge in [-0.05, 0) is 49.9 Å². The minimum absolute atomic E-state index is 0.225. The molecule has 0 aromatic heterocycles. The van der Waals surface area contributed by atoms with Crippen LogP contribution in [0.1, 0.15) is 24.0 Å². The molecule has 0 spiro atoms. The molecule has 3 nitrogen and oxygen atoms in total. The molecule has 90 valence electrons. The first-order valence-corrected chi connectivity index (χ1v) is 6.15. The summed E-state index contributed by atoms with van der Waals surface area (Å²) in [6.45, 7) is 4.01. The van der Waals surface area contributed by atoms with Crippen LogP contribution in [-0.4, -0.2) is 16.9 Å². The molecule has 2 rings (SSSR count). The molecule has 0 bridgehead atoms. The molecular weight excluding hydrogens is 232 g/mol. The summed E-state index contributed by atoms with van der Waals surface area (Å²) in [5.74, 6) is -0.225. The van der Waals surface area contributed by atoms with E-state index in [4.69, 9.17) is 12.2 Å². The standard InChI is InChI=1S/C13H16N2OS/c1-8-5-9(2)7-11(6-8)14-12(16)13(17)15-10-3-4-10/h5-7,10H,3-4H2,1-2H3,(H,14,16)(H,15,17). The van der Waals surface area contributed by atoms with Gasteiger partial charge in [0.15, 0.2) is 4.99 Å². The van der Waals surface area contributed by atoms with Crippen LogP contribution in [0.4, 0.5) is 5.69 Å². The smallest absolute Gasteiger partial charge is 0.283 e. The van der Waals surface area contributed by atoms with E-state index in [0.29, 0.717) is 6.04 Å². The van der Waals surface area contributed by atoms with Crippen LogP contribution in [0.25, 0.3) is 0 Å². The lowest BCUT2D eigenvalue weighted by molar-refractivity contribution is -0.110. The zero-order chi connectivity index (χ0) is 12.4. The summed E-state index contributed by atoms with van der Waals surface area (Å²) in [6.07, 6.45) is 2.22. The molecule has 1 fully saturated rings. The molecule has 17 heavy (non-hydrogen) atoms. The first-order valence-electron chi connectivity index (χ1n) is 5.75. The Bertz CT molecular complexity index is 446. The fraction of sp³-hybridized carbons (Fsp3) is 0.385. The predicted octanol–water partition coefficient (Wildman–Crippen LogP) is 2.32. The van der Waals surface area contributed by atoms with Crippen molar-refractivity contribution >= 4 is 28.8 Å². The lowest BCUT2D eigenvalue weighted by Crippen LogP contribution is -2.35. The van der Waals surface area contributed by atoms with E-state index in [1.54, 1.807) is 0 Å². The third kappa shape index (κ3) is 3.53. The molecule has 2 N–H and O–H groups in total. The fourth-order valence-electron chi connectivity index (χ4n) is 1.71. The third-order valence-corrected chi connectivity index (χ3v) is 2.90. The second-order valence-corrected chi connectivity index (χ2v) is 4.99. The number of rotatable bonds is 2. The third-order valence-electron chi connectivity index (χ3n) is 2.60. The van der Waals surface area contributed by atoms with Crippen LogP contribution in [0.3, 0.4) is 0 Å². The molecule has 0 aliphatic heterocycles. The van der Waals surface area contributed by atoms with Crippen LogP contribution >= 0.6 is 12.2 Å². The van der Waals surface area contributed by atoms with Gasteiger partial charge in [-0.2, -0.15) is 0 Å². The van der Waals surface area contributed by atoms with Crippen LogP contribution in [-0.2, 0) is 4.79 Å². The Labute approximate surface area is 107 Å². The van der Waals surface area contributed by atoms with Gasteiger partial charge in [-0.15, -0.1) is 0 Å². The number of carbonyl (C=O) groups is 1. The number of nitrogens with one attached hydrogen (secondary N) is 2. The molecule has 0 unspecified atom stereocenters. The highest BCUT2D eigenvalue weighted by molar-refractivity contribution is 7.82. The van der Waals surface area contributed by atoms with E-state index in [2.05, 4.69) is 16.7 Å². The van der Waals surface area contributed by atoms with Crippen molar-refractivity contribution in [2.24, 2.45) is 0 Å². The second kappa shape index (κ2) is 4.84. The maximum atomic E-state index is 11.8. The van der Waals surface area contributed by atoms with E-state index < -0.39 is 0 Å².